The van der Waals surface area contributed by atoms with E-state index in [1.165, 1.54) is 36.4 Å². The highest BCUT2D eigenvalue weighted by Crippen LogP contribution is 2.29. The zero-order valence-electron chi connectivity index (χ0n) is 15.4. The molecule has 0 aliphatic carbocycles. The van der Waals surface area contributed by atoms with E-state index in [0.29, 0.717) is 5.75 Å². The molecule has 1 aliphatic rings. The van der Waals surface area contributed by atoms with Crippen LogP contribution in [0.2, 0.25) is 0 Å². The van der Waals surface area contributed by atoms with Gasteiger partial charge in [-0.15, -0.1) is 0 Å². The van der Waals surface area contributed by atoms with Gasteiger partial charge in [0.1, 0.15) is 18.2 Å². The molecule has 1 saturated heterocycles. The van der Waals surface area contributed by atoms with Gasteiger partial charge in [-0.1, -0.05) is 12.1 Å². The maximum atomic E-state index is 13.0. The zero-order chi connectivity index (χ0) is 21.0. The van der Waals surface area contributed by atoms with E-state index in [9.17, 15) is 22.8 Å². The predicted molar refractivity (Wildman–Crippen MR) is 99.9 cm³/mol. The van der Waals surface area contributed by atoms with Gasteiger partial charge in [0.15, 0.2) is 9.84 Å². The Kier molecular flexibility index (Phi) is 6.48. The van der Waals surface area contributed by atoms with Gasteiger partial charge in [0.25, 0.3) is 5.91 Å². The fourth-order valence-electron chi connectivity index (χ4n) is 3.14. The highest BCUT2D eigenvalue weighted by molar-refractivity contribution is 7.92. The Morgan fingerprint density at radius 1 is 1.21 bits per heavy atom. The second-order valence-corrected chi connectivity index (χ2v) is 8.79. The van der Waals surface area contributed by atoms with Crippen LogP contribution in [0.25, 0.3) is 0 Å². The fraction of sp³-hybridized carbons (Fsp3) is 0.316. The van der Waals surface area contributed by atoms with E-state index in [0.717, 1.165) is 5.56 Å². The Balaban J connectivity index is 1.73. The van der Waals surface area contributed by atoms with Gasteiger partial charge in [0, 0.05) is 6.61 Å². The minimum atomic E-state index is -3.87. The normalized spacial score (nSPS) is 19.6. The summed E-state index contributed by atoms with van der Waals surface area (Å²) in [5.41, 5.74) is 0.766. The molecule has 0 aromatic heterocycles. The topological polar surface area (TPSA) is 119 Å². The molecular weight excluding hydrogens is 403 g/mol. The smallest absolute Gasteiger partial charge is 0.267 e. The van der Waals surface area contributed by atoms with Crippen LogP contribution in [0.15, 0.2) is 53.4 Å². The molecule has 0 bridgehead atoms. The molecule has 1 fully saturated rings. The number of rotatable bonds is 6. The molecule has 0 saturated carbocycles. The Morgan fingerprint density at radius 2 is 1.86 bits per heavy atom. The number of amides is 1. The maximum absolute atomic E-state index is 13.0. The second-order valence-electron chi connectivity index (χ2n) is 6.62. The number of carbonyl (C=O) groups is 1. The summed E-state index contributed by atoms with van der Waals surface area (Å²) >= 11 is 0. The van der Waals surface area contributed by atoms with Gasteiger partial charge >= 0.3 is 0 Å². The molecular formula is C19H21FN2O6S. The number of nitrogens with two attached hydrogens (primary N) is 1. The van der Waals surface area contributed by atoms with Gasteiger partial charge in [-0.25, -0.2) is 18.7 Å². The predicted octanol–water partition coefficient (Wildman–Crippen LogP) is 1.68. The summed E-state index contributed by atoms with van der Waals surface area (Å²) in [6, 6.07) is 11.7. The van der Waals surface area contributed by atoms with E-state index >= 15 is 0 Å². The summed E-state index contributed by atoms with van der Waals surface area (Å²) in [5.74, 6) is 3.15. The number of benzene rings is 2. The summed E-state index contributed by atoms with van der Waals surface area (Å²) < 4.78 is 49.8. The van der Waals surface area contributed by atoms with Crippen molar-refractivity contribution in [2.75, 3.05) is 13.2 Å². The molecule has 1 amide bonds. The number of hydrazine groups is 1. The van der Waals surface area contributed by atoms with Crippen molar-refractivity contribution < 1.29 is 32.3 Å². The Hall–Kier alpha value is -2.53. The first-order valence-electron chi connectivity index (χ1n) is 8.85. The molecule has 0 radical (unpaired) electrons. The van der Waals surface area contributed by atoms with Crippen LogP contribution in [0.3, 0.4) is 0 Å². The highest BCUT2D eigenvalue weighted by atomic mass is 32.2. The van der Waals surface area contributed by atoms with E-state index < -0.39 is 26.9 Å². The molecule has 2 aromatic rings. The van der Waals surface area contributed by atoms with Crippen molar-refractivity contribution in [1.29, 1.82) is 0 Å². The van der Waals surface area contributed by atoms with Crippen LogP contribution in [-0.4, -0.2) is 43.2 Å². The summed E-state index contributed by atoms with van der Waals surface area (Å²) in [5, 5.41) is 8.04. The van der Waals surface area contributed by atoms with Gasteiger partial charge in [-0.2, -0.15) is 5.17 Å². The Morgan fingerprint density at radius 3 is 2.48 bits per heavy atom. The average Bonchev–Trinajstić information content (AvgIpc) is 2.73. The van der Waals surface area contributed by atoms with E-state index in [-0.39, 0.29) is 42.1 Å². The van der Waals surface area contributed by atoms with Crippen LogP contribution in [0.1, 0.15) is 12.0 Å². The molecule has 3 rings (SSSR count). The van der Waals surface area contributed by atoms with Gasteiger partial charge in [0.2, 0.25) is 0 Å². The molecule has 3 N–H and O–H groups in total. The van der Waals surface area contributed by atoms with E-state index in [4.69, 9.17) is 15.3 Å². The number of halogens is 1. The second kappa shape index (κ2) is 8.87. The highest BCUT2D eigenvalue weighted by Gasteiger charge is 2.42. The van der Waals surface area contributed by atoms with Crippen LogP contribution in [0, 0.1) is 11.7 Å². The van der Waals surface area contributed by atoms with Crippen LogP contribution >= 0.6 is 0 Å². The van der Waals surface area contributed by atoms with Crippen molar-refractivity contribution in [2.24, 2.45) is 11.8 Å². The molecule has 10 heteroatoms. The third-order valence-corrected chi connectivity index (χ3v) is 7.00. The zero-order valence-corrected chi connectivity index (χ0v) is 16.2. The van der Waals surface area contributed by atoms with Crippen LogP contribution in [0.4, 0.5) is 4.39 Å². The standard InChI is InChI=1S/C19H21FN2O6S/c20-14-3-1-13(2-4-14)11-28-15-5-7-16(8-6-15)29(25,26)18-9-10-27-12-17(18)19(23)22(21)24/h1-8,17-18,24H,9-12,21H2. The molecule has 1 aliphatic heterocycles. The van der Waals surface area contributed by atoms with Crippen LogP contribution in [0.5, 0.6) is 5.75 Å². The van der Waals surface area contributed by atoms with Crippen molar-refractivity contribution in [1.82, 2.24) is 5.17 Å². The third-order valence-electron chi connectivity index (χ3n) is 4.71. The fourth-order valence-corrected chi connectivity index (χ4v) is 5.04. The number of sulfone groups is 1. The SMILES string of the molecule is NN(O)C(=O)C1COCCC1S(=O)(=O)c1ccc(OCc2ccc(F)cc2)cc1. The first-order valence-corrected chi connectivity index (χ1v) is 10.4. The third kappa shape index (κ3) is 4.91. The number of hydroxylamine groups is 1. The molecule has 8 nitrogen and oxygen atoms in total. The maximum Gasteiger partial charge on any atom is 0.267 e. The quantitative estimate of drug-likeness (QED) is 0.313. The molecule has 2 atom stereocenters. The number of hydrogen-bond acceptors (Lipinski definition) is 7. The van der Waals surface area contributed by atoms with Gasteiger partial charge in [-0.3, -0.25) is 10.0 Å². The summed E-state index contributed by atoms with van der Waals surface area (Å²) in [4.78, 5) is 12.1. The molecule has 156 valence electrons. The summed E-state index contributed by atoms with van der Waals surface area (Å²) in [7, 11) is -3.87. The minimum absolute atomic E-state index is 0.0258. The van der Waals surface area contributed by atoms with Crippen LogP contribution in [-0.2, 0) is 26.0 Å². The van der Waals surface area contributed by atoms with Crippen molar-refractivity contribution >= 4 is 15.7 Å². The molecule has 2 aromatic carbocycles. The first-order chi connectivity index (χ1) is 13.8. The average molecular weight is 424 g/mol. The Labute approximate surface area is 167 Å². The van der Waals surface area contributed by atoms with Gasteiger partial charge in [0.05, 0.1) is 22.7 Å². The van der Waals surface area contributed by atoms with Gasteiger partial charge < -0.3 is 9.47 Å². The lowest BCUT2D eigenvalue weighted by molar-refractivity contribution is -0.175. The Bertz CT molecular complexity index is 948. The van der Waals surface area contributed by atoms with Crippen LogP contribution < -0.4 is 10.6 Å². The molecule has 0 spiro atoms. The summed E-state index contributed by atoms with van der Waals surface area (Å²) in [6.45, 7) is 0.240. The number of hydrogen-bond donors (Lipinski definition) is 2. The molecule has 29 heavy (non-hydrogen) atoms. The lowest BCUT2D eigenvalue weighted by Gasteiger charge is -2.31. The monoisotopic (exact) mass is 424 g/mol. The lowest BCUT2D eigenvalue weighted by atomic mass is 10.0. The first kappa shape index (κ1) is 21.2. The summed E-state index contributed by atoms with van der Waals surface area (Å²) in [6.07, 6.45) is 0.107. The number of nitrogens with zero attached hydrogens (tertiary/aromatic N) is 1. The minimum Gasteiger partial charge on any atom is -0.489 e. The van der Waals surface area contributed by atoms with Crippen molar-refractivity contribution in [3.05, 3.63) is 59.9 Å². The van der Waals surface area contributed by atoms with Crippen molar-refractivity contribution in [3.63, 3.8) is 0 Å². The largest absolute Gasteiger partial charge is 0.489 e. The van der Waals surface area contributed by atoms with Crippen molar-refractivity contribution in [3.8, 4) is 5.75 Å². The van der Waals surface area contributed by atoms with E-state index in [1.54, 1.807) is 12.1 Å². The molecule has 1 heterocycles. The van der Waals surface area contributed by atoms with E-state index in [2.05, 4.69) is 0 Å². The molecule has 2 unspecified atom stereocenters. The van der Waals surface area contributed by atoms with E-state index in [1.807, 2.05) is 0 Å². The van der Waals surface area contributed by atoms with Crippen molar-refractivity contribution in [2.45, 2.75) is 23.2 Å². The lowest BCUT2D eigenvalue weighted by Crippen LogP contribution is -2.49. The number of ether oxygens (including phenoxy) is 2. The number of carbonyl (C=O) groups excluding carboxylic acids is 1. The van der Waals surface area contributed by atoms with Gasteiger partial charge in [-0.05, 0) is 48.4 Å².